The zero-order chi connectivity index (χ0) is 15.5. The van der Waals surface area contributed by atoms with Gasteiger partial charge in [-0.3, -0.25) is 14.5 Å². The Bertz CT molecular complexity index is 676. The Balaban J connectivity index is 0.00000192. The first-order valence-electron chi connectivity index (χ1n) is 7.58. The van der Waals surface area contributed by atoms with E-state index in [2.05, 4.69) is 23.6 Å². The quantitative estimate of drug-likeness (QED) is 0.486. The molecule has 1 fully saturated rings. The molecular weight excluding hydrogens is 310 g/mol. The van der Waals surface area contributed by atoms with Gasteiger partial charge in [0.25, 0.3) is 0 Å². The van der Waals surface area contributed by atoms with Crippen LogP contribution in [0.5, 0.6) is 0 Å². The summed E-state index contributed by atoms with van der Waals surface area (Å²) in [4.78, 5) is 25.9. The van der Waals surface area contributed by atoms with Gasteiger partial charge in [-0.2, -0.15) is 0 Å². The van der Waals surface area contributed by atoms with Crippen molar-refractivity contribution in [3.63, 3.8) is 0 Å². The van der Waals surface area contributed by atoms with E-state index < -0.39 is 11.6 Å². The summed E-state index contributed by atoms with van der Waals surface area (Å²) in [7, 11) is 0. The Hall–Kier alpha value is -1.97. The predicted octanol–water partition coefficient (Wildman–Crippen LogP) is 3.09. The smallest absolute Gasteiger partial charge is 0.226 e. The van der Waals surface area contributed by atoms with Crippen molar-refractivity contribution in [2.45, 2.75) is 12.3 Å². The molecule has 1 aromatic carbocycles. The Morgan fingerprint density at radius 3 is 2.52 bits per heavy atom. The van der Waals surface area contributed by atoms with Crippen LogP contribution in [0.2, 0.25) is 0 Å². The molecule has 3 nitrogen and oxygen atoms in total. The van der Waals surface area contributed by atoms with E-state index in [1.807, 2.05) is 24.3 Å². The lowest BCUT2D eigenvalue weighted by Gasteiger charge is -2.25. The molecule has 23 heavy (non-hydrogen) atoms. The number of halogens is 1. The summed E-state index contributed by atoms with van der Waals surface area (Å²) in [5, 5.41) is 0. The molecule has 1 heterocycles. The highest BCUT2D eigenvalue weighted by Crippen LogP contribution is 2.36. The van der Waals surface area contributed by atoms with Crippen molar-refractivity contribution in [3.8, 4) is 0 Å². The molecule has 1 aliphatic carbocycles. The molecule has 1 aromatic rings. The number of hydrogen-bond acceptors (Lipinski definition) is 3. The van der Waals surface area contributed by atoms with Crippen LogP contribution in [0.3, 0.4) is 0 Å². The number of carbonyl (C=O) groups is 2. The molecule has 0 saturated carbocycles. The number of fused-ring (bicyclic) bond motifs is 1. The van der Waals surface area contributed by atoms with Crippen LogP contribution in [0.25, 0.3) is 0 Å². The van der Waals surface area contributed by atoms with Gasteiger partial charge in [0.15, 0.2) is 0 Å². The number of ketones is 2. The van der Waals surface area contributed by atoms with Gasteiger partial charge >= 0.3 is 0 Å². The average molecular weight is 330 g/mol. The first-order valence-corrected chi connectivity index (χ1v) is 7.58. The predicted molar refractivity (Wildman–Crippen MR) is 93.9 cm³/mol. The highest BCUT2D eigenvalue weighted by molar-refractivity contribution is 6.46. The second kappa shape index (κ2) is 7.53. The molecule has 1 aliphatic heterocycles. The van der Waals surface area contributed by atoms with Crippen LogP contribution in [0.1, 0.15) is 17.9 Å². The Morgan fingerprint density at radius 1 is 1.13 bits per heavy atom. The van der Waals surface area contributed by atoms with Crippen LogP contribution in [-0.2, 0) is 9.59 Å². The molecule has 0 amide bonds. The van der Waals surface area contributed by atoms with Gasteiger partial charge in [0.2, 0.25) is 11.6 Å². The number of rotatable bonds is 3. The van der Waals surface area contributed by atoms with E-state index in [-0.39, 0.29) is 18.3 Å². The fourth-order valence-electron chi connectivity index (χ4n) is 3.20. The summed E-state index contributed by atoms with van der Waals surface area (Å²) in [5.74, 6) is -0.688. The van der Waals surface area contributed by atoms with E-state index in [9.17, 15) is 9.59 Å². The van der Waals surface area contributed by atoms with Crippen molar-refractivity contribution < 1.29 is 9.59 Å². The molecule has 1 unspecified atom stereocenters. The lowest BCUT2D eigenvalue weighted by Crippen LogP contribution is -2.28. The first-order chi connectivity index (χ1) is 10.7. The van der Waals surface area contributed by atoms with Crippen molar-refractivity contribution >= 4 is 24.0 Å². The van der Waals surface area contributed by atoms with Crippen LogP contribution >= 0.6 is 12.4 Å². The summed E-state index contributed by atoms with van der Waals surface area (Å²) >= 11 is 0. The minimum absolute atomic E-state index is 0. The van der Waals surface area contributed by atoms with Gasteiger partial charge in [0, 0.05) is 25.6 Å². The lowest BCUT2D eigenvalue weighted by molar-refractivity contribution is -0.131. The number of nitrogens with zero attached hydrogens (tertiary/aromatic N) is 1. The van der Waals surface area contributed by atoms with Crippen molar-refractivity contribution in [2.75, 3.05) is 19.6 Å². The van der Waals surface area contributed by atoms with Gasteiger partial charge in [0.1, 0.15) is 0 Å². The summed E-state index contributed by atoms with van der Waals surface area (Å²) in [6.45, 7) is 6.34. The Morgan fingerprint density at radius 2 is 1.83 bits per heavy atom. The van der Waals surface area contributed by atoms with E-state index in [0.29, 0.717) is 0 Å². The highest BCUT2D eigenvalue weighted by Gasteiger charge is 2.30. The first kappa shape index (κ1) is 17.4. The second-order valence-electron chi connectivity index (χ2n) is 5.76. The average Bonchev–Trinajstić information content (AvgIpc) is 2.70. The zero-order valence-electron chi connectivity index (χ0n) is 12.9. The summed E-state index contributed by atoms with van der Waals surface area (Å²) < 4.78 is 0. The minimum atomic E-state index is -0.406. The van der Waals surface area contributed by atoms with Crippen LogP contribution in [0, 0.1) is 0 Å². The van der Waals surface area contributed by atoms with Gasteiger partial charge < -0.3 is 0 Å². The molecular formula is C19H20ClNO2. The van der Waals surface area contributed by atoms with Gasteiger partial charge in [-0.05, 0) is 35.3 Å². The van der Waals surface area contributed by atoms with Crippen LogP contribution < -0.4 is 0 Å². The van der Waals surface area contributed by atoms with Crippen LogP contribution in [0.4, 0.5) is 0 Å². The summed E-state index contributed by atoms with van der Waals surface area (Å²) in [6.07, 6.45) is 5.77. The Labute approximate surface area is 142 Å². The maximum Gasteiger partial charge on any atom is 0.226 e. The molecule has 3 rings (SSSR count). The van der Waals surface area contributed by atoms with Crippen LogP contribution in [-0.4, -0.2) is 36.1 Å². The molecule has 0 aromatic heterocycles. The van der Waals surface area contributed by atoms with Gasteiger partial charge in [-0.25, -0.2) is 0 Å². The van der Waals surface area contributed by atoms with Gasteiger partial charge in [0.05, 0.1) is 0 Å². The molecule has 0 radical (unpaired) electrons. The molecule has 4 heteroatoms. The monoisotopic (exact) mass is 329 g/mol. The molecule has 0 spiro atoms. The maximum atomic E-state index is 11.8. The number of likely N-dealkylation sites (tertiary alicyclic amines) is 1. The third kappa shape index (κ3) is 3.69. The molecule has 0 N–H and O–H groups in total. The van der Waals surface area contributed by atoms with E-state index in [1.165, 1.54) is 11.6 Å². The van der Waals surface area contributed by atoms with Gasteiger partial charge in [-0.15, -0.1) is 19.0 Å². The van der Waals surface area contributed by atoms with E-state index in [1.54, 1.807) is 6.08 Å². The van der Waals surface area contributed by atoms with E-state index in [0.717, 1.165) is 37.2 Å². The van der Waals surface area contributed by atoms with E-state index in [4.69, 9.17) is 0 Å². The van der Waals surface area contributed by atoms with Crippen molar-refractivity contribution in [1.29, 1.82) is 0 Å². The standard InChI is InChI=1S/C19H19NO2.ClH/c1-2-9-20-10-8-15-11-18(21)19(22)12-16(15)17(13-20)14-6-4-3-5-7-14;/h2-7,11-12,17H,1,8-10,13H2;1H. The fourth-order valence-corrected chi connectivity index (χ4v) is 3.20. The van der Waals surface area contributed by atoms with E-state index >= 15 is 0 Å². The number of benzene rings is 1. The summed E-state index contributed by atoms with van der Waals surface area (Å²) in [6, 6.07) is 10.2. The third-order valence-corrected chi connectivity index (χ3v) is 4.31. The lowest BCUT2D eigenvalue weighted by atomic mass is 9.82. The molecule has 1 atom stereocenters. The topological polar surface area (TPSA) is 37.4 Å². The largest absolute Gasteiger partial charge is 0.298 e. The van der Waals surface area contributed by atoms with Gasteiger partial charge in [-0.1, -0.05) is 36.4 Å². The zero-order valence-corrected chi connectivity index (χ0v) is 13.7. The van der Waals surface area contributed by atoms with Crippen molar-refractivity contribution in [3.05, 3.63) is 71.8 Å². The number of carbonyl (C=O) groups excluding carboxylic acids is 2. The van der Waals surface area contributed by atoms with Crippen LogP contribution in [0.15, 0.2) is 66.3 Å². The molecule has 120 valence electrons. The molecule has 1 saturated heterocycles. The van der Waals surface area contributed by atoms with Crippen molar-refractivity contribution in [1.82, 2.24) is 4.90 Å². The normalized spacial score (nSPS) is 21.5. The molecule has 2 aliphatic rings. The second-order valence-corrected chi connectivity index (χ2v) is 5.76. The Kier molecular flexibility index (Phi) is 5.69. The maximum absolute atomic E-state index is 11.8. The number of hydrogen-bond donors (Lipinski definition) is 0. The number of allylic oxidation sites excluding steroid dienone is 2. The SMILES string of the molecule is C=CCN1CCC2=CC(=O)C(=O)C=C2C(c2ccccc2)C1.Cl. The fraction of sp³-hybridized carbons (Fsp3) is 0.263. The minimum Gasteiger partial charge on any atom is -0.298 e. The summed E-state index contributed by atoms with van der Waals surface area (Å²) in [5.41, 5.74) is 3.19. The molecule has 0 bridgehead atoms. The van der Waals surface area contributed by atoms with Crippen molar-refractivity contribution in [2.24, 2.45) is 0 Å². The highest BCUT2D eigenvalue weighted by atomic mass is 35.5. The third-order valence-electron chi connectivity index (χ3n) is 4.31.